The second kappa shape index (κ2) is 3.95. The first-order valence-corrected chi connectivity index (χ1v) is 6.44. The molecule has 0 aliphatic carbocycles. The van der Waals surface area contributed by atoms with Crippen molar-refractivity contribution < 1.29 is 13.2 Å². The number of nitrogens with zero attached hydrogens (tertiary/aromatic N) is 1. The van der Waals surface area contributed by atoms with Crippen molar-refractivity contribution in [3.05, 3.63) is 18.2 Å². The Hall–Kier alpha value is -1.27. The van der Waals surface area contributed by atoms with Crippen LogP contribution in [0, 0.1) is 0 Å². The average molecular weight is 242 g/mol. The van der Waals surface area contributed by atoms with E-state index in [2.05, 4.69) is 4.72 Å². The van der Waals surface area contributed by atoms with Gasteiger partial charge in [0.1, 0.15) is 12.4 Å². The number of anilines is 1. The third-order valence-corrected chi connectivity index (χ3v) is 4.02. The van der Waals surface area contributed by atoms with Crippen LogP contribution in [0.3, 0.4) is 0 Å². The molecule has 0 saturated carbocycles. The van der Waals surface area contributed by atoms with Gasteiger partial charge < -0.3 is 9.64 Å². The van der Waals surface area contributed by atoms with Crippen LogP contribution in [-0.4, -0.2) is 35.7 Å². The van der Waals surface area contributed by atoms with Crippen molar-refractivity contribution in [1.29, 1.82) is 0 Å². The van der Waals surface area contributed by atoms with E-state index in [9.17, 15) is 8.42 Å². The molecule has 1 aromatic rings. The van der Waals surface area contributed by atoms with E-state index in [-0.39, 0.29) is 4.90 Å². The number of likely N-dealkylation sites (N-methyl/N-ethyl adjacent to an activating group) is 1. The maximum atomic E-state index is 11.6. The van der Waals surface area contributed by atoms with E-state index in [1.165, 1.54) is 7.05 Å². The number of sulfonamides is 1. The average Bonchev–Trinajstić information content (AvgIpc) is 2.29. The third kappa shape index (κ3) is 1.85. The number of hydrogen-bond donors (Lipinski definition) is 1. The highest BCUT2D eigenvalue weighted by Crippen LogP contribution is 2.32. The third-order valence-electron chi connectivity index (χ3n) is 2.60. The summed E-state index contributed by atoms with van der Waals surface area (Å²) in [4.78, 5) is 2.24. The van der Waals surface area contributed by atoms with Gasteiger partial charge in [-0.05, 0) is 25.2 Å². The summed E-state index contributed by atoms with van der Waals surface area (Å²) in [6, 6.07) is 4.86. The van der Waals surface area contributed by atoms with Gasteiger partial charge in [0.2, 0.25) is 10.0 Å². The van der Waals surface area contributed by atoms with Crippen LogP contribution < -0.4 is 14.4 Å². The summed E-state index contributed by atoms with van der Waals surface area (Å²) in [5.41, 5.74) is 0.808. The second-order valence-electron chi connectivity index (χ2n) is 3.61. The fourth-order valence-corrected chi connectivity index (χ4v) is 2.37. The number of ether oxygens (including phenoxy) is 1. The number of nitrogens with one attached hydrogen (secondary N) is 1. The summed E-state index contributed by atoms with van der Waals surface area (Å²) >= 11 is 0. The van der Waals surface area contributed by atoms with Crippen molar-refractivity contribution in [2.45, 2.75) is 4.90 Å². The van der Waals surface area contributed by atoms with E-state index >= 15 is 0 Å². The van der Waals surface area contributed by atoms with E-state index in [0.717, 1.165) is 18.0 Å². The van der Waals surface area contributed by atoms with Crippen molar-refractivity contribution >= 4 is 15.7 Å². The van der Waals surface area contributed by atoms with Gasteiger partial charge in [0, 0.05) is 7.05 Å². The number of fused-ring (bicyclic) bond motifs is 1. The molecule has 2 rings (SSSR count). The molecule has 1 aliphatic rings. The van der Waals surface area contributed by atoms with Crippen molar-refractivity contribution in [3.8, 4) is 5.75 Å². The molecule has 0 saturated heterocycles. The lowest BCUT2D eigenvalue weighted by atomic mass is 10.2. The molecule has 0 atom stereocenters. The molecule has 1 aromatic carbocycles. The molecule has 88 valence electrons. The first-order valence-electron chi connectivity index (χ1n) is 4.96. The van der Waals surface area contributed by atoms with Crippen LogP contribution >= 0.6 is 0 Å². The molecular formula is C10H14N2O3S. The number of hydrogen-bond acceptors (Lipinski definition) is 4. The Morgan fingerprint density at radius 1 is 1.44 bits per heavy atom. The van der Waals surface area contributed by atoms with Crippen LogP contribution in [-0.2, 0) is 10.0 Å². The highest BCUT2D eigenvalue weighted by Gasteiger charge is 2.19. The molecule has 0 bridgehead atoms. The van der Waals surface area contributed by atoms with Crippen molar-refractivity contribution in [2.75, 3.05) is 32.1 Å². The van der Waals surface area contributed by atoms with Crippen molar-refractivity contribution in [2.24, 2.45) is 0 Å². The van der Waals surface area contributed by atoms with Gasteiger partial charge in [-0.25, -0.2) is 13.1 Å². The van der Waals surface area contributed by atoms with Gasteiger partial charge in [-0.15, -0.1) is 0 Å². The topological polar surface area (TPSA) is 58.6 Å². The zero-order valence-corrected chi connectivity index (χ0v) is 10.0. The molecule has 0 unspecified atom stereocenters. The largest absolute Gasteiger partial charge is 0.490 e. The predicted molar refractivity (Wildman–Crippen MR) is 61.5 cm³/mol. The Morgan fingerprint density at radius 2 is 2.19 bits per heavy atom. The lowest BCUT2D eigenvalue weighted by Gasteiger charge is -2.27. The molecule has 0 fully saturated rings. The highest BCUT2D eigenvalue weighted by atomic mass is 32.2. The summed E-state index contributed by atoms with van der Waals surface area (Å²) in [5, 5.41) is 0. The van der Waals surface area contributed by atoms with E-state index in [0.29, 0.717) is 6.61 Å². The fraction of sp³-hybridized carbons (Fsp3) is 0.400. The maximum Gasteiger partial charge on any atom is 0.240 e. The SMILES string of the molecule is CNS(=O)(=O)c1ccc2c(c1)N(C)CCO2. The molecule has 16 heavy (non-hydrogen) atoms. The van der Waals surface area contributed by atoms with Gasteiger partial charge in [-0.2, -0.15) is 0 Å². The minimum atomic E-state index is -3.39. The molecule has 0 aromatic heterocycles. The van der Waals surface area contributed by atoms with Gasteiger partial charge in [0.05, 0.1) is 17.1 Å². The first-order chi connectivity index (χ1) is 7.54. The van der Waals surface area contributed by atoms with Gasteiger partial charge in [-0.3, -0.25) is 0 Å². The van der Waals surface area contributed by atoms with Gasteiger partial charge >= 0.3 is 0 Å². The smallest absolute Gasteiger partial charge is 0.240 e. The molecule has 0 radical (unpaired) electrons. The van der Waals surface area contributed by atoms with E-state index in [1.54, 1.807) is 18.2 Å². The van der Waals surface area contributed by atoms with Crippen LogP contribution in [0.2, 0.25) is 0 Å². The molecule has 5 nitrogen and oxygen atoms in total. The van der Waals surface area contributed by atoms with Crippen LogP contribution in [0.1, 0.15) is 0 Å². The summed E-state index contributed by atoms with van der Waals surface area (Å²) in [7, 11) is -0.0757. The summed E-state index contributed by atoms with van der Waals surface area (Å²) in [6.45, 7) is 1.39. The van der Waals surface area contributed by atoms with Gasteiger partial charge in [0.25, 0.3) is 0 Å². The van der Waals surface area contributed by atoms with E-state index in [4.69, 9.17) is 4.74 Å². The summed E-state index contributed by atoms with van der Waals surface area (Å²) in [6.07, 6.45) is 0. The zero-order chi connectivity index (χ0) is 11.8. The molecule has 1 aliphatic heterocycles. The molecule has 1 N–H and O–H groups in total. The van der Waals surface area contributed by atoms with Crippen molar-refractivity contribution in [3.63, 3.8) is 0 Å². The van der Waals surface area contributed by atoms with Crippen LogP contribution in [0.4, 0.5) is 5.69 Å². The van der Waals surface area contributed by atoms with Crippen LogP contribution in [0.5, 0.6) is 5.75 Å². The van der Waals surface area contributed by atoms with E-state index < -0.39 is 10.0 Å². The fourth-order valence-electron chi connectivity index (χ4n) is 1.62. The first kappa shape index (κ1) is 11.2. The Balaban J connectivity index is 2.50. The Morgan fingerprint density at radius 3 is 2.88 bits per heavy atom. The summed E-state index contributed by atoms with van der Waals surface area (Å²) in [5.74, 6) is 0.726. The minimum absolute atomic E-state index is 0.256. The molecular weight excluding hydrogens is 228 g/mol. The Labute approximate surface area is 95.1 Å². The standard InChI is InChI=1S/C10H14N2O3S/c1-11-16(13,14)8-3-4-10-9(7-8)12(2)5-6-15-10/h3-4,7,11H,5-6H2,1-2H3. The molecule has 1 heterocycles. The normalized spacial score (nSPS) is 15.5. The van der Waals surface area contributed by atoms with Gasteiger partial charge in [0.15, 0.2) is 0 Å². The zero-order valence-electron chi connectivity index (χ0n) is 9.23. The second-order valence-corrected chi connectivity index (χ2v) is 5.49. The number of rotatable bonds is 2. The van der Waals surface area contributed by atoms with Crippen molar-refractivity contribution in [1.82, 2.24) is 4.72 Å². The molecule has 0 spiro atoms. The van der Waals surface area contributed by atoms with Crippen LogP contribution in [0.15, 0.2) is 23.1 Å². The maximum absolute atomic E-state index is 11.6. The van der Waals surface area contributed by atoms with Gasteiger partial charge in [-0.1, -0.05) is 0 Å². The highest BCUT2D eigenvalue weighted by molar-refractivity contribution is 7.89. The molecule has 6 heteroatoms. The van der Waals surface area contributed by atoms with E-state index in [1.807, 2.05) is 11.9 Å². The lowest BCUT2D eigenvalue weighted by Crippen LogP contribution is -2.29. The Bertz CT molecular complexity index is 499. The lowest BCUT2D eigenvalue weighted by molar-refractivity contribution is 0.311. The van der Waals surface area contributed by atoms with Crippen LogP contribution in [0.25, 0.3) is 0 Å². The minimum Gasteiger partial charge on any atom is -0.490 e. The molecule has 0 amide bonds. The summed E-state index contributed by atoms with van der Waals surface area (Å²) < 4.78 is 31.0. The number of benzene rings is 1. The predicted octanol–water partition coefficient (Wildman–Crippen LogP) is 0.423. The quantitative estimate of drug-likeness (QED) is 0.816. The monoisotopic (exact) mass is 242 g/mol. The Kier molecular flexibility index (Phi) is 2.77.